The van der Waals surface area contributed by atoms with Crippen molar-refractivity contribution in [3.05, 3.63) is 0 Å². The van der Waals surface area contributed by atoms with Crippen LogP contribution in [-0.4, -0.2) is 36.2 Å². The number of nitrogens with two attached hydrogens (primary N) is 1. The molecule has 1 heterocycles. The Morgan fingerprint density at radius 2 is 2.13 bits per heavy atom. The fraction of sp³-hybridized carbons (Fsp3) is 0.909. The molecule has 1 rings (SSSR count). The summed E-state index contributed by atoms with van der Waals surface area (Å²) in [6.07, 6.45) is 0.514. The third-order valence-corrected chi connectivity index (χ3v) is 2.46. The van der Waals surface area contributed by atoms with Gasteiger partial charge in [0.25, 0.3) is 0 Å². The molecule has 0 bridgehead atoms. The highest BCUT2D eigenvalue weighted by Crippen LogP contribution is 2.28. The molecule has 2 N–H and O–H groups in total. The summed E-state index contributed by atoms with van der Waals surface area (Å²) in [6.45, 7) is 10.2. The monoisotopic (exact) mass is 214 g/mol. The molecule has 1 saturated heterocycles. The first kappa shape index (κ1) is 12.3. The lowest BCUT2D eigenvalue weighted by atomic mass is 9.95. The fourth-order valence-electron chi connectivity index (χ4n) is 1.90. The standard InChI is InChI=1S/C11H22N2O2/c1-10(2,3)7-13-8-11(4,5-6-12)15-9(13)14/h5-8,12H2,1-4H3. The van der Waals surface area contributed by atoms with Gasteiger partial charge in [-0.2, -0.15) is 0 Å². The molecule has 4 nitrogen and oxygen atoms in total. The molecule has 1 fully saturated rings. The maximum absolute atomic E-state index is 11.6. The molecule has 1 aliphatic rings. The molecule has 0 radical (unpaired) electrons. The third-order valence-electron chi connectivity index (χ3n) is 2.46. The lowest BCUT2D eigenvalue weighted by molar-refractivity contribution is 0.0668. The minimum absolute atomic E-state index is 0.104. The van der Waals surface area contributed by atoms with Crippen LogP contribution in [0.15, 0.2) is 0 Å². The molecule has 0 aromatic heterocycles. The van der Waals surface area contributed by atoms with Gasteiger partial charge in [0.1, 0.15) is 5.60 Å². The Labute approximate surface area is 91.8 Å². The second-order valence-electron chi connectivity index (χ2n) is 5.77. The molecule has 0 spiro atoms. The molecule has 0 saturated carbocycles. The van der Waals surface area contributed by atoms with E-state index in [9.17, 15) is 4.79 Å². The molecule has 0 aromatic rings. The molecule has 4 heteroatoms. The van der Waals surface area contributed by atoms with Crippen molar-refractivity contribution >= 4 is 6.09 Å². The van der Waals surface area contributed by atoms with Gasteiger partial charge in [-0.3, -0.25) is 0 Å². The summed E-state index contributed by atoms with van der Waals surface area (Å²) in [4.78, 5) is 13.4. The van der Waals surface area contributed by atoms with Crippen LogP contribution < -0.4 is 5.73 Å². The number of amides is 1. The first-order chi connectivity index (χ1) is 6.76. The number of ether oxygens (including phenoxy) is 1. The van der Waals surface area contributed by atoms with Crippen LogP contribution in [0, 0.1) is 5.41 Å². The van der Waals surface area contributed by atoms with Crippen LogP contribution in [0.3, 0.4) is 0 Å². The average molecular weight is 214 g/mol. The summed E-state index contributed by atoms with van der Waals surface area (Å²) < 4.78 is 5.35. The van der Waals surface area contributed by atoms with Gasteiger partial charge in [0, 0.05) is 13.0 Å². The molecule has 88 valence electrons. The Bertz CT molecular complexity index is 247. The van der Waals surface area contributed by atoms with Gasteiger partial charge < -0.3 is 15.4 Å². The minimum Gasteiger partial charge on any atom is -0.441 e. The second kappa shape index (κ2) is 4.00. The van der Waals surface area contributed by atoms with E-state index in [1.807, 2.05) is 6.92 Å². The number of cyclic esters (lactones) is 1. The van der Waals surface area contributed by atoms with Gasteiger partial charge in [-0.05, 0) is 18.9 Å². The number of hydrogen-bond donors (Lipinski definition) is 1. The van der Waals surface area contributed by atoms with Crippen LogP contribution in [0.1, 0.15) is 34.1 Å². The highest BCUT2D eigenvalue weighted by molar-refractivity contribution is 5.70. The zero-order valence-electron chi connectivity index (χ0n) is 10.2. The SMILES string of the molecule is CC(C)(C)CN1CC(C)(CCN)OC1=O. The van der Waals surface area contributed by atoms with Crippen LogP contribution in [0.5, 0.6) is 0 Å². The first-order valence-corrected chi connectivity index (χ1v) is 5.44. The molecule has 0 aromatic carbocycles. The summed E-state index contributed by atoms with van der Waals surface area (Å²) in [5.41, 5.74) is 5.21. The van der Waals surface area contributed by atoms with Gasteiger partial charge in [-0.1, -0.05) is 20.8 Å². The Morgan fingerprint density at radius 1 is 1.53 bits per heavy atom. The fourth-order valence-corrected chi connectivity index (χ4v) is 1.90. The number of rotatable bonds is 3. The highest BCUT2D eigenvalue weighted by Gasteiger charge is 2.41. The van der Waals surface area contributed by atoms with E-state index < -0.39 is 5.60 Å². The van der Waals surface area contributed by atoms with Gasteiger partial charge in [0.2, 0.25) is 0 Å². The van der Waals surface area contributed by atoms with Gasteiger partial charge in [-0.25, -0.2) is 4.79 Å². The quantitative estimate of drug-likeness (QED) is 0.776. The van der Waals surface area contributed by atoms with E-state index in [1.54, 1.807) is 4.90 Å². The summed E-state index contributed by atoms with van der Waals surface area (Å²) in [7, 11) is 0. The Kier molecular flexibility index (Phi) is 3.28. The molecule has 0 aliphatic carbocycles. The third kappa shape index (κ3) is 3.38. The maximum atomic E-state index is 11.6. The van der Waals surface area contributed by atoms with E-state index in [2.05, 4.69) is 20.8 Å². The van der Waals surface area contributed by atoms with E-state index in [1.165, 1.54) is 0 Å². The van der Waals surface area contributed by atoms with E-state index in [0.717, 1.165) is 13.0 Å². The predicted octanol–water partition coefficient (Wildman–Crippen LogP) is 1.59. The molecule has 15 heavy (non-hydrogen) atoms. The van der Waals surface area contributed by atoms with E-state index in [0.29, 0.717) is 13.1 Å². The normalized spacial score (nSPS) is 27.0. The van der Waals surface area contributed by atoms with Crippen LogP contribution in [-0.2, 0) is 4.74 Å². The molecule has 1 amide bonds. The van der Waals surface area contributed by atoms with Crippen molar-refractivity contribution in [3.8, 4) is 0 Å². The smallest absolute Gasteiger partial charge is 0.410 e. The molecule has 1 aliphatic heterocycles. The minimum atomic E-state index is -0.392. The van der Waals surface area contributed by atoms with E-state index >= 15 is 0 Å². The largest absolute Gasteiger partial charge is 0.441 e. The lowest BCUT2D eigenvalue weighted by Crippen LogP contribution is -2.37. The van der Waals surface area contributed by atoms with Crippen molar-refractivity contribution in [2.45, 2.75) is 39.7 Å². The first-order valence-electron chi connectivity index (χ1n) is 5.44. The van der Waals surface area contributed by atoms with Crippen molar-refractivity contribution < 1.29 is 9.53 Å². The van der Waals surface area contributed by atoms with Gasteiger partial charge in [0.05, 0.1) is 6.54 Å². The van der Waals surface area contributed by atoms with Crippen molar-refractivity contribution in [2.24, 2.45) is 11.1 Å². The number of nitrogens with zero attached hydrogens (tertiary/aromatic N) is 1. The second-order valence-corrected chi connectivity index (χ2v) is 5.77. The van der Waals surface area contributed by atoms with Gasteiger partial charge in [0.15, 0.2) is 0 Å². The highest BCUT2D eigenvalue weighted by atomic mass is 16.6. The zero-order valence-corrected chi connectivity index (χ0v) is 10.2. The zero-order chi connectivity index (χ0) is 11.7. The Balaban J connectivity index is 2.60. The molecule has 1 unspecified atom stereocenters. The Hall–Kier alpha value is -0.770. The number of carbonyl (C=O) groups excluding carboxylic acids is 1. The van der Waals surface area contributed by atoms with Gasteiger partial charge >= 0.3 is 6.09 Å². The summed E-state index contributed by atoms with van der Waals surface area (Å²) >= 11 is 0. The van der Waals surface area contributed by atoms with Gasteiger partial charge in [-0.15, -0.1) is 0 Å². The van der Waals surface area contributed by atoms with Crippen LogP contribution in [0.25, 0.3) is 0 Å². The predicted molar refractivity (Wildman–Crippen MR) is 59.6 cm³/mol. The lowest BCUT2D eigenvalue weighted by Gasteiger charge is -2.25. The average Bonchev–Trinajstić information content (AvgIpc) is 2.23. The maximum Gasteiger partial charge on any atom is 0.410 e. The summed E-state index contributed by atoms with van der Waals surface area (Å²) in [6, 6.07) is 0. The van der Waals surface area contributed by atoms with Crippen LogP contribution >= 0.6 is 0 Å². The van der Waals surface area contributed by atoms with Crippen molar-refractivity contribution in [2.75, 3.05) is 19.6 Å². The molecular weight excluding hydrogens is 192 g/mol. The Morgan fingerprint density at radius 3 is 2.60 bits per heavy atom. The molecule has 1 atom stereocenters. The summed E-state index contributed by atoms with van der Waals surface area (Å²) in [5, 5.41) is 0. The van der Waals surface area contributed by atoms with Crippen molar-refractivity contribution in [1.82, 2.24) is 4.90 Å². The van der Waals surface area contributed by atoms with E-state index in [4.69, 9.17) is 10.5 Å². The topological polar surface area (TPSA) is 55.6 Å². The van der Waals surface area contributed by atoms with Crippen LogP contribution in [0.4, 0.5) is 4.79 Å². The molecular formula is C11H22N2O2. The van der Waals surface area contributed by atoms with Crippen molar-refractivity contribution in [3.63, 3.8) is 0 Å². The van der Waals surface area contributed by atoms with E-state index in [-0.39, 0.29) is 11.5 Å². The number of carbonyl (C=O) groups is 1. The summed E-state index contributed by atoms with van der Waals surface area (Å²) in [5.74, 6) is 0. The number of hydrogen-bond acceptors (Lipinski definition) is 3. The van der Waals surface area contributed by atoms with Crippen molar-refractivity contribution in [1.29, 1.82) is 0 Å². The van der Waals surface area contributed by atoms with Crippen LogP contribution in [0.2, 0.25) is 0 Å².